The molecule has 0 saturated heterocycles. The summed E-state index contributed by atoms with van der Waals surface area (Å²) in [5.41, 5.74) is 3.75. The van der Waals surface area contributed by atoms with Crippen molar-refractivity contribution >= 4 is 28.5 Å². The molecule has 2 heterocycles. The molecule has 0 aliphatic carbocycles. The molecule has 7 nitrogen and oxygen atoms in total. The third kappa shape index (κ3) is 6.32. The van der Waals surface area contributed by atoms with Crippen molar-refractivity contribution < 1.29 is 19.8 Å². The van der Waals surface area contributed by atoms with Gasteiger partial charge in [0.15, 0.2) is 0 Å². The van der Waals surface area contributed by atoms with Crippen molar-refractivity contribution in [3.63, 3.8) is 0 Å². The first-order valence-electron chi connectivity index (χ1n) is 8.28. The molecule has 0 atom stereocenters. The first-order valence-corrected chi connectivity index (χ1v) is 8.28. The molecule has 0 aliphatic heterocycles. The maximum Gasteiger partial charge on any atom is 0.328 e. The summed E-state index contributed by atoms with van der Waals surface area (Å²) >= 11 is 0. The normalized spacial score (nSPS) is 10.4. The van der Waals surface area contributed by atoms with Crippen LogP contribution in [0.3, 0.4) is 0 Å². The SMILES string of the molecule is Cn1cc(CCNc2cccnc2)c2ccccc21.O=C(O)/C=C\C(=O)O. The maximum absolute atomic E-state index is 9.55. The van der Waals surface area contributed by atoms with Crippen molar-refractivity contribution in [1.29, 1.82) is 0 Å². The number of para-hydroxylation sites is 1. The maximum atomic E-state index is 9.55. The fourth-order valence-electron chi connectivity index (χ4n) is 2.58. The van der Waals surface area contributed by atoms with Crippen LogP contribution in [0.4, 0.5) is 5.69 Å². The lowest BCUT2D eigenvalue weighted by atomic mass is 10.1. The Bertz CT molecular complexity index is 917. The fourth-order valence-corrected chi connectivity index (χ4v) is 2.58. The lowest BCUT2D eigenvalue weighted by Crippen LogP contribution is -2.04. The number of carboxylic acids is 2. The number of fused-ring (bicyclic) bond motifs is 1. The van der Waals surface area contributed by atoms with Crippen molar-refractivity contribution in [1.82, 2.24) is 9.55 Å². The Labute approximate surface area is 156 Å². The van der Waals surface area contributed by atoms with E-state index in [1.165, 1.54) is 16.5 Å². The summed E-state index contributed by atoms with van der Waals surface area (Å²) in [6.07, 6.45) is 7.98. The molecule has 140 valence electrons. The highest BCUT2D eigenvalue weighted by Gasteiger charge is 2.05. The minimum atomic E-state index is -1.26. The molecule has 0 fully saturated rings. The number of rotatable bonds is 6. The second-order valence-electron chi connectivity index (χ2n) is 5.71. The van der Waals surface area contributed by atoms with Crippen molar-refractivity contribution in [2.24, 2.45) is 7.05 Å². The van der Waals surface area contributed by atoms with Crippen LogP contribution in [0.15, 0.2) is 67.1 Å². The number of hydrogen-bond acceptors (Lipinski definition) is 4. The molecule has 3 rings (SSSR count). The van der Waals surface area contributed by atoms with E-state index in [-0.39, 0.29) is 0 Å². The van der Waals surface area contributed by atoms with Gasteiger partial charge >= 0.3 is 11.9 Å². The highest BCUT2D eigenvalue weighted by molar-refractivity contribution is 5.89. The number of carboxylic acid groups (broad SMARTS) is 2. The molecule has 0 unspecified atom stereocenters. The number of benzene rings is 1. The molecule has 3 N–H and O–H groups in total. The Morgan fingerprint density at radius 3 is 2.44 bits per heavy atom. The highest BCUT2D eigenvalue weighted by Crippen LogP contribution is 2.20. The quantitative estimate of drug-likeness (QED) is 0.579. The van der Waals surface area contributed by atoms with Gasteiger partial charge in [-0.25, -0.2) is 9.59 Å². The van der Waals surface area contributed by atoms with Gasteiger partial charge in [0.05, 0.1) is 5.69 Å². The molecule has 1 aromatic carbocycles. The Hall–Kier alpha value is -3.61. The smallest absolute Gasteiger partial charge is 0.328 e. The topological polar surface area (TPSA) is 104 Å². The van der Waals surface area contributed by atoms with E-state index in [9.17, 15) is 9.59 Å². The van der Waals surface area contributed by atoms with Crippen LogP contribution in [0.1, 0.15) is 5.56 Å². The van der Waals surface area contributed by atoms with Crippen LogP contribution in [0.25, 0.3) is 10.9 Å². The fraction of sp³-hybridized carbons (Fsp3) is 0.150. The number of carbonyl (C=O) groups is 2. The average molecular weight is 367 g/mol. The van der Waals surface area contributed by atoms with E-state index in [1.807, 2.05) is 18.3 Å². The zero-order valence-corrected chi connectivity index (χ0v) is 14.9. The van der Waals surface area contributed by atoms with Gasteiger partial charge in [0.2, 0.25) is 0 Å². The summed E-state index contributed by atoms with van der Waals surface area (Å²) in [6.45, 7) is 0.916. The summed E-state index contributed by atoms with van der Waals surface area (Å²) in [5.74, 6) is -2.51. The monoisotopic (exact) mass is 367 g/mol. The summed E-state index contributed by atoms with van der Waals surface area (Å²) in [5, 5.41) is 20.4. The predicted molar refractivity (Wildman–Crippen MR) is 104 cm³/mol. The van der Waals surface area contributed by atoms with Crippen molar-refractivity contribution in [3.8, 4) is 0 Å². The van der Waals surface area contributed by atoms with Crippen LogP contribution in [0, 0.1) is 0 Å². The molecule has 27 heavy (non-hydrogen) atoms. The first kappa shape index (κ1) is 19.7. The number of aliphatic carboxylic acids is 2. The molecule has 2 aromatic heterocycles. The van der Waals surface area contributed by atoms with Gasteiger partial charge < -0.3 is 20.1 Å². The van der Waals surface area contributed by atoms with Crippen molar-refractivity contribution in [2.75, 3.05) is 11.9 Å². The van der Waals surface area contributed by atoms with Crippen molar-refractivity contribution in [2.45, 2.75) is 6.42 Å². The van der Waals surface area contributed by atoms with Gasteiger partial charge in [-0.2, -0.15) is 0 Å². The van der Waals surface area contributed by atoms with Crippen LogP contribution in [-0.2, 0) is 23.1 Å². The lowest BCUT2D eigenvalue weighted by molar-refractivity contribution is -0.134. The van der Waals surface area contributed by atoms with Crippen molar-refractivity contribution in [3.05, 3.63) is 72.7 Å². The van der Waals surface area contributed by atoms with E-state index in [0.717, 1.165) is 18.7 Å². The summed E-state index contributed by atoms with van der Waals surface area (Å²) in [6, 6.07) is 12.5. The average Bonchev–Trinajstić information content (AvgIpc) is 2.98. The molecule has 7 heteroatoms. The number of nitrogens with zero attached hydrogens (tertiary/aromatic N) is 2. The third-order valence-corrected chi connectivity index (χ3v) is 3.73. The van der Waals surface area contributed by atoms with Crippen LogP contribution in [0.5, 0.6) is 0 Å². The Morgan fingerprint density at radius 1 is 1.11 bits per heavy atom. The Kier molecular flexibility index (Phi) is 7.13. The van der Waals surface area contributed by atoms with Gasteiger partial charge in [0, 0.05) is 55.2 Å². The zero-order valence-electron chi connectivity index (χ0n) is 14.9. The van der Waals surface area contributed by atoms with E-state index in [2.05, 4.69) is 52.4 Å². The van der Waals surface area contributed by atoms with Gasteiger partial charge in [-0.3, -0.25) is 4.98 Å². The van der Waals surface area contributed by atoms with E-state index >= 15 is 0 Å². The van der Waals surface area contributed by atoms with Gasteiger partial charge in [-0.1, -0.05) is 18.2 Å². The number of aryl methyl sites for hydroxylation is 1. The first-order chi connectivity index (χ1) is 13.0. The third-order valence-electron chi connectivity index (χ3n) is 3.73. The minimum Gasteiger partial charge on any atom is -0.478 e. The summed E-state index contributed by atoms with van der Waals surface area (Å²) < 4.78 is 2.19. The van der Waals surface area contributed by atoms with Gasteiger partial charge in [0.25, 0.3) is 0 Å². The van der Waals surface area contributed by atoms with Crippen LogP contribution >= 0.6 is 0 Å². The molecular weight excluding hydrogens is 346 g/mol. The van der Waals surface area contributed by atoms with E-state index in [1.54, 1.807) is 6.20 Å². The molecule has 0 bridgehead atoms. The van der Waals surface area contributed by atoms with Gasteiger partial charge in [-0.05, 0) is 30.2 Å². The van der Waals surface area contributed by atoms with E-state index in [4.69, 9.17) is 10.2 Å². The molecule has 3 aromatic rings. The number of anilines is 1. The van der Waals surface area contributed by atoms with Gasteiger partial charge in [0.1, 0.15) is 0 Å². The van der Waals surface area contributed by atoms with E-state index in [0.29, 0.717) is 12.2 Å². The van der Waals surface area contributed by atoms with Crippen LogP contribution < -0.4 is 5.32 Å². The summed E-state index contributed by atoms with van der Waals surface area (Å²) in [7, 11) is 2.10. The lowest BCUT2D eigenvalue weighted by Gasteiger charge is -2.04. The molecule has 0 amide bonds. The standard InChI is InChI=1S/C16H17N3.C4H4O4/c1-19-12-13(15-6-2-3-7-16(15)19)8-10-18-14-5-4-9-17-11-14;5-3(6)1-2-4(7)8/h2-7,9,11-12,18H,8,10H2,1H3;1-2H,(H,5,6)(H,7,8)/b;2-1-. The second-order valence-corrected chi connectivity index (χ2v) is 5.71. The van der Waals surface area contributed by atoms with Crippen LogP contribution in [-0.4, -0.2) is 38.2 Å². The Balaban J connectivity index is 0.000000279. The predicted octanol–water partition coefficient (Wildman–Crippen LogP) is 2.94. The number of pyridine rings is 1. The largest absolute Gasteiger partial charge is 0.478 e. The molecule has 0 radical (unpaired) electrons. The van der Waals surface area contributed by atoms with Gasteiger partial charge in [-0.15, -0.1) is 0 Å². The molecule has 0 spiro atoms. The highest BCUT2D eigenvalue weighted by atomic mass is 16.4. The Morgan fingerprint density at radius 2 is 1.81 bits per heavy atom. The number of nitrogens with one attached hydrogen (secondary N) is 1. The van der Waals surface area contributed by atoms with Crippen LogP contribution in [0.2, 0.25) is 0 Å². The second kappa shape index (κ2) is 9.76. The zero-order chi connectivity index (χ0) is 19.6. The molecule has 0 saturated carbocycles. The van der Waals surface area contributed by atoms with E-state index < -0.39 is 11.9 Å². The number of aromatic nitrogens is 2. The summed E-state index contributed by atoms with van der Waals surface area (Å²) in [4.78, 5) is 23.2. The molecular formula is C20H21N3O4. The number of hydrogen-bond donors (Lipinski definition) is 3. The molecule has 0 aliphatic rings. The minimum absolute atomic E-state index is 0.558.